The average molecular weight is 267 g/mol. The van der Waals surface area contributed by atoms with Crippen LogP contribution in [0.4, 0.5) is 0 Å². The number of likely N-dealkylation sites (tertiary alicyclic amines) is 1. The number of nitrogens with zero attached hydrogens (tertiary/aromatic N) is 1. The van der Waals surface area contributed by atoms with Gasteiger partial charge < -0.3 is 5.11 Å². The molecule has 0 bridgehead atoms. The first kappa shape index (κ1) is 14.8. The van der Waals surface area contributed by atoms with Crippen LogP contribution < -0.4 is 0 Å². The second kappa shape index (κ2) is 6.74. The Morgan fingerprint density at radius 3 is 2.42 bits per heavy atom. The molecule has 19 heavy (non-hydrogen) atoms. The number of hydrogen-bond donors (Lipinski definition) is 1. The van der Waals surface area contributed by atoms with Crippen molar-refractivity contribution in [3.63, 3.8) is 0 Å². The van der Waals surface area contributed by atoms with E-state index in [9.17, 15) is 4.79 Å². The van der Waals surface area contributed by atoms with Crippen molar-refractivity contribution in [2.24, 2.45) is 11.8 Å². The number of hydrogen-bond acceptors (Lipinski definition) is 2. The maximum Gasteiger partial charge on any atom is 0.306 e. The van der Waals surface area contributed by atoms with Crippen LogP contribution in [-0.4, -0.2) is 34.6 Å². The van der Waals surface area contributed by atoms with E-state index in [1.165, 1.54) is 38.5 Å². The molecule has 0 radical (unpaired) electrons. The summed E-state index contributed by atoms with van der Waals surface area (Å²) in [5.74, 6) is 0.244. The van der Waals surface area contributed by atoms with E-state index < -0.39 is 5.97 Å². The number of piperidine rings is 1. The van der Waals surface area contributed by atoms with Crippen molar-refractivity contribution < 1.29 is 9.90 Å². The normalized spacial score (nSPS) is 37.2. The molecule has 3 nitrogen and oxygen atoms in total. The van der Waals surface area contributed by atoms with Crippen LogP contribution >= 0.6 is 0 Å². The quantitative estimate of drug-likeness (QED) is 0.847. The molecule has 2 fully saturated rings. The highest BCUT2D eigenvalue weighted by molar-refractivity contribution is 5.70. The lowest BCUT2D eigenvalue weighted by molar-refractivity contribution is -0.144. The zero-order chi connectivity index (χ0) is 13.8. The standard InChI is InChI=1S/C16H29NO2/c1-3-4-13-5-7-15(8-6-13)17-10-9-14(16(18)19)11-12(17)2/h12-15H,3-11H2,1-2H3,(H,18,19). The number of carboxylic acids is 1. The van der Waals surface area contributed by atoms with Gasteiger partial charge in [-0.1, -0.05) is 19.8 Å². The third-order valence-corrected chi connectivity index (χ3v) is 5.26. The molecule has 1 saturated carbocycles. The zero-order valence-electron chi connectivity index (χ0n) is 12.5. The molecule has 0 amide bonds. The van der Waals surface area contributed by atoms with Crippen LogP contribution in [0, 0.1) is 11.8 Å². The predicted octanol–water partition coefficient (Wildman–Crippen LogP) is 3.53. The first-order chi connectivity index (χ1) is 9.11. The number of rotatable bonds is 4. The molecule has 1 aliphatic heterocycles. The van der Waals surface area contributed by atoms with Crippen molar-refractivity contribution in [3.05, 3.63) is 0 Å². The Morgan fingerprint density at radius 1 is 1.21 bits per heavy atom. The topological polar surface area (TPSA) is 40.5 Å². The summed E-state index contributed by atoms with van der Waals surface area (Å²) in [6.45, 7) is 5.49. The van der Waals surface area contributed by atoms with Gasteiger partial charge in [0, 0.05) is 12.1 Å². The first-order valence-corrected chi connectivity index (χ1v) is 8.10. The fourth-order valence-electron chi connectivity index (χ4n) is 4.13. The lowest BCUT2D eigenvalue weighted by atomic mass is 9.81. The third-order valence-electron chi connectivity index (χ3n) is 5.26. The van der Waals surface area contributed by atoms with Crippen LogP contribution in [0.15, 0.2) is 0 Å². The summed E-state index contributed by atoms with van der Waals surface area (Å²) in [5, 5.41) is 9.13. The summed E-state index contributed by atoms with van der Waals surface area (Å²) in [6.07, 6.45) is 9.80. The Kier molecular flexibility index (Phi) is 5.26. The smallest absolute Gasteiger partial charge is 0.306 e. The molecule has 1 heterocycles. The van der Waals surface area contributed by atoms with Gasteiger partial charge in [-0.3, -0.25) is 9.69 Å². The molecule has 0 aromatic heterocycles. The summed E-state index contributed by atoms with van der Waals surface area (Å²) in [6, 6.07) is 1.17. The van der Waals surface area contributed by atoms with Crippen LogP contribution in [-0.2, 0) is 4.79 Å². The van der Waals surface area contributed by atoms with Gasteiger partial charge in [0.25, 0.3) is 0 Å². The molecular formula is C16H29NO2. The monoisotopic (exact) mass is 267 g/mol. The molecule has 0 spiro atoms. The first-order valence-electron chi connectivity index (χ1n) is 8.10. The van der Waals surface area contributed by atoms with Gasteiger partial charge in [-0.05, 0) is 57.9 Å². The lowest BCUT2D eigenvalue weighted by Crippen LogP contribution is -2.49. The molecule has 1 aliphatic carbocycles. The second-order valence-electron chi connectivity index (χ2n) is 6.61. The highest BCUT2D eigenvalue weighted by atomic mass is 16.4. The van der Waals surface area contributed by atoms with Crippen LogP contribution in [0.1, 0.15) is 65.2 Å². The van der Waals surface area contributed by atoms with Gasteiger partial charge in [-0.25, -0.2) is 0 Å². The van der Waals surface area contributed by atoms with Crippen molar-refractivity contribution in [3.8, 4) is 0 Å². The molecule has 1 N–H and O–H groups in total. The van der Waals surface area contributed by atoms with Crippen LogP contribution in [0.3, 0.4) is 0 Å². The summed E-state index contributed by atoms with van der Waals surface area (Å²) < 4.78 is 0. The highest BCUT2D eigenvalue weighted by Crippen LogP contribution is 2.34. The van der Waals surface area contributed by atoms with E-state index in [1.54, 1.807) is 0 Å². The largest absolute Gasteiger partial charge is 0.481 e. The van der Waals surface area contributed by atoms with Crippen LogP contribution in [0.25, 0.3) is 0 Å². The van der Waals surface area contributed by atoms with E-state index in [4.69, 9.17) is 5.11 Å². The van der Waals surface area contributed by atoms with Gasteiger partial charge in [0.1, 0.15) is 0 Å². The molecule has 2 atom stereocenters. The fourth-order valence-corrected chi connectivity index (χ4v) is 4.13. The fraction of sp³-hybridized carbons (Fsp3) is 0.938. The van der Waals surface area contributed by atoms with Crippen molar-refractivity contribution in [2.75, 3.05) is 6.54 Å². The van der Waals surface area contributed by atoms with Gasteiger partial charge in [0.05, 0.1) is 5.92 Å². The number of carboxylic acid groups (broad SMARTS) is 1. The summed E-state index contributed by atoms with van der Waals surface area (Å²) in [5.41, 5.74) is 0. The average Bonchev–Trinajstić information content (AvgIpc) is 2.40. The van der Waals surface area contributed by atoms with E-state index in [0.29, 0.717) is 6.04 Å². The van der Waals surface area contributed by atoms with Gasteiger partial charge in [0.2, 0.25) is 0 Å². The number of carbonyl (C=O) groups is 1. The Hall–Kier alpha value is -0.570. The number of aliphatic carboxylic acids is 1. The van der Waals surface area contributed by atoms with E-state index in [0.717, 1.165) is 31.3 Å². The van der Waals surface area contributed by atoms with E-state index in [2.05, 4.69) is 18.7 Å². The molecule has 110 valence electrons. The van der Waals surface area contributed by atoms with Crippen LogP contribution in [0.5, 0.6) is 0 Å². The SMILES string of the molecule is CCCC1CCC(N2CCC(C(=O)O)CC2C)CC1. The minimum Gasteiger partial charge on any atom is -0.481 e. The van der Waals surface area contributed by atoms with E-state index in [-0.39, 0.29) is 5.92 Å². The van der Waals surface area contributed by atoms with Gasteiger partial charge in [-0.15, -0.1) is 0 Å². The Labute approximate surface area is 117 Å². The van der Waals surface area contributed by atoms with Gasteiger partial charge >= 0.3 is 5.97 Å². The summed E-state index contributed by atoms with van der Waals surface area (Å²) in [7, 11) is 0. The highest BCUT2D eigenvalue weighted by Gasteiger charge is 2.34. The van der Waals surface area contributed by atoms with Gasteiger partial charge in [0.15, 0.2) is 0 Å². The maximum absolute atomic E-state index is 11.1. The molecule has 2 aliphatic rings. The summed E-state index contributed by atoms with van der Waals surface area (Å²) >= 11 is 0. The van der Waals surface area contributed by atoms with E-state index >= 15 is 0 Å². The Morgan fingerprint density at radius 2 is 1.89 bits per heavy atom. The minimum absolute atomic E-state index is 0.109. The second-order valence-corrected chi connectivity index (χ2v) is 6.61. The molecule has 1 saturated heterocycles. The Bertz CT molecular complexity index is 297. The molecule has 0 aromatic rings. The zero-order valence-corrected chi connectivity index (χ0v) is 12.5. The predicted molar refractivity (Wildman–Crippen MR) is 77.2 cm³/mol. The maximum atomic E-state index is 11.1. The summed E-state index contributed by atoms with van der Waals surface area (Å²) in [4.78, 5) is 13.7. The molecule has 3 heteroatoms. The van der Waals surface area contributed by atoms with Crippen molar-refractivity contribution >= 4 is 5.97 Å². The van der Waals surface area contributed by atoms with Crippen molar-refractivity contribution in [1.29, 1.82) is 0 Å². The third kappa shape index (κ3) is 3.71. The lowest BCUT2D eigenvalue weighted by Gasteiger charge is -2.44. The minimum atomic E-state index is -0.599. The van der Waals surface area contributed by atoms with Crippen molar-refractivity contribution in [2.45, 2.75) is 77.3 Å². The Balaban J connectivity index is 1.82. The van der Waals surface area contributed by atoms with Crippen LogP contribution in [0.2, 0.25) is 0 Å². The van der Waals surface area contributed by atoms with Gasteiger partial charge in [-0.2, -0.15) is 0 Å². The molecule has 0 aromatic carbocycles. The van der Waals surface area contributed by atoms with Crippen molar-refractivity contribution in [1.82, 2.24) is 4.90 Å². The van der Waals surface area contributed by atoms with E-state index in [1.807, 2.05) is 0 Å². The molecule has 2 unspecified atom stereocenters. The molecular weight excluding hydrogens is 238 g/mol. The molecule has 2 rings (SSSR count).